The number of fused-ring (bicyclic) bond motifs is 1. The van der Waals surface area contributed by atoms with E-state index in [1.165, 1.54) is 16.7 Å². The number of carbonyl (C=O) groups is 2. The molecule has 0 bridgehead atoms. The van der Waals surface area contributed by atoms with E-state index in [1.54, 1.807) is 30.7 Å². The molecule has 0 radical (unpaired) electrons. The molecule has 1 aliphatic rings. The number of hydrogen-bond donors (Lipinski definition) is 1. The minimum Gasteiger partial charge on any atom is -0.478 e. The lowest BCUT2D eigenvalue weighted by molar-refractivity contribution is -0.135. The van der Waals surface area contributed by atoms with Crippen LogP contribution < -0.4 is 0 Å². The summed E-state index contributed by atoms with van der Waals surface area (Å²) in [6, 6.07) is 35.7. The van der Waals surface area contributed by atoms with Crippen molar-refractivity contribution >= 4 is 11.9 Å². The van der Waals surface area contributed by atoms with E-state index in [9.17, 15) is 14.7 Å². The maximum atomic E-state index is 14.4. The highest BCUT2D eigenvalue weighted by molar-refractivity contribution is 5.89. The topological polar surface area (TPSA) is 70.8 Å². The van der Waals surface area contributed by atoms with Gasteiger partial charge in [-0.1, -0.05) is 91.0 Å². The van der Waals surface area contributed by atoms with Crippen molar-refractivity contribution in [3.63, 3.8) is 0 Å². The molecule has 1 aliphatic carbocycles. The third kappa shape index (κ3) is 6.06. The molecule has 1 N–H and O–H groups in total. The average molecular weight is 556 g/mol. The van der Waals surface area contributed by atoms with Crippen molar-refractivity contribution < 1.29 is 19.1 Å². The fraction of sp³-hybridized carbons (Fsp3) is 0.189. The van der Waals surface area contributed by atoms with Gasteiger partial charge in [0.25, 0.3) is 0 Å². The van der Waals surface area contributed by atoms with Crippen molar-refractivity contribution in [2.75, 3.05) is 0 Å². The van der Waals surface area contributed by atoms with Crippen molar-refractivity contribution in [3.8, 4) is 11.1 Å². The number of rotatable bonds is 9. The van der Waals surface area contributed by atoms with Gasteiger partial charge in [0.2, 0.25) is 5.91 Å². The van der Waals surface area contributed by atoms with E-state index in [0.29, 0.717) is 6.54 Å². The molecule has 0 saturated carbocycles. The standard InChI is InChI=1S/C37H33NO4/c39-35(22-27-10-6-12-30(21-27)31-13-7-14-33(23-31)37(40)41)38(24-28-18-19-42-25-28)36-32(20-26-8-2-1-3-9-26)17-16-29-11-4-5-15-34(29)36/h1-15,18-19,21,23,25,32,36H,16-17,20,22,24H2,(H,40,41). The predicted molar refractivity (Wildman–Crippen MR) is 163 cm³/mol. The van der Waals surface area contributed by atoms with E-state index >= 15 is 0 Å². The first kappa shape index (κ1) is 27.3. The molecular weight excluding hydrogens is 522 g/mol. The van der Waals surface area contributed by atoms with E-state index < -0.39 is 5.97 Å². The van der Waals surface area contributed by atoms with E-state index in [-0.39, 0.29) is 29.9 Å². The monoisotopic (exact) mass is 555 g/mol. The van der Waals surface area contributed by atoms with E-state index in [4.69, 9.17) is 4.42 Å². The summed E-state index contributed by atoms with van der Waals surface area (Å²) in [6.45, 7) is 0.458. The number of carbonyl (C=O) groups excluding carboxylic acids is 1. The van der Waals surface area contributed by atoms with Crippen molar-refractivity contribution in [1.82, 2.24) is 4.90 Å². The highest BCUT2D eigenvalue weighted by Gasteiger charge is 2.36. The highest BCUT2D eigenvalue weighted by atomic mass is 16.4. The number of furan rings is 1. The Morgan fingerprint density at radius 3 is 2.31 bits per heavy atom. The maximum Gasteiger partial charge on any atom is 0.335 e. The summed E-state index contributed by atoms with van der Waals surface area (Å²) in [4.78, 5) is 27.9. The number of aromatic carboxylic acids is 1. The van der Waals surface area contributed by atoms with E-state index in [2.05, 4.69) is 48.5 Å². The lowest BCUT2D eigenvalue weighted by Gasteiger charge is -2.41. The van der Waals surface area contributed by atoms with Gasteiger partial charge in [-0.3, -0.25) is 4.79 Å². The summed E-state index contributed by atoms with van der Waals surface area (Å²) in [7, 11) is 0. The van der Waals surface area contributed by atoms with E-state index in [1.807, 2.05) is 47.4 Å². The Morgan fingerprint density at radius 1 is 0.786 bits per heavy atom. The fourth-order valence-electron chi connectivity index (χ4n) is 6.25. The first-order chi connectivity index (χ1) is 20.5. The lowest BCUT2D eigenvalue weighted by atomic mass is 9.76. The van der Waals surface area contributed by atoms with Gasteiger partial charge >= 0.3 is 5.97 Å². The van der Waals surface area contributed by atoms with Crippen LogP contribution in [-0.2, 0) is 30.6 Å². The molecule has 0 aliphatic heterocycles. The Balaban J connectivity index is 1.34. The van der Waals surface area contributed by atoms with Crippen LogP contribution in [0.3, 0.4) is 0 Å². The Labute approximate surface area is 246 Å². The van der Waals surface area contributed by atoms with Gasteiger partial charge in [-0.25, -0.2) is 4.79 Å². The summed E-state index contributed by atoms with van der Waals surface area (Å²) < 4.78 is 5.40. The van der Waals surface area contributed by atoms with Crippen molar-refractivity contribution in [2.24, 2.45) is 5.92 Å². The molecule has 1 heterocycles. The zero-order chi connectivity index (χ0) is 28.9. The van der Waals surface area contributed by atoms with Gasteiger partial charge in [-0.15, -0.1) is 0 Å². The number of hydrogen-bond acceptors (Lipinski definition) is 3. The highest BCUT2D eigenvalue weighted by Crippen LogP contribution is 2.41. The van der Waals surface area contributed by atoms with Gasteiger partial charge in [0.05, 0.1) is 30.6 Å². The van der Waals surface area contributed by atoms with Gasteiger partial charge in [0, 0.05) is 12.1 Å². The Hall–Kier alpha value is -4.90. The fourth-order valence-corrected chi connectivity index (χ4v) is 6.25. The molecular formula is C37H33NO4. The summed E-state index contributed by atoms with van der Waals surface area (Å²) in [5.74, 6) is -0.647. The second-order valence-corrected chi connectivity index (χ2v) is 11.0. The minimum absolute atomic E-state index is 0.0485. The number of nitrogens with zero attached hydrogens (tertiary/aromatic N) is 1. The quantitative estimate of drug-likeness (QED) is 0.202. The lowest BCUT2D eigenvalue weighted by Crippen LogP contribution is -2.41. The van der Waals surface area contributed by atoms with Crippen LogP contribution in [0.1, 0.15) is 50.6 Å². The van der Waals surface area contributed by atoms with Crippen LogP contribution in [0.2, 0.25) is 0 Å². The van der Waals surface area contributed by atoms with Gasteiger partial charge < -0.3 is 14.4 Å². The molecule has 2 unspecified atom stereocenters. The Kier molecular flexibility index (Phi) is 8.00. The number of carboxylic acid groups (broad SMARTS) is 1. The second-order valence-electron chi connectivity index (χ2n) is 11.0. The van der Waals surface area contributed by atoms with Gasteiger partial charge in [0.1, 0.15) is 0 Å². The molecule has 0 saturated heterocycles. The van der Waals surface area contributed by atoms with Crippen LogP contribution >= 0.6 is 0 Å². The first-order valence-electron chi connectivity index (χ1n) is 14.4. The van der Waals surface area contributed by atoms with Crippen LogP contribution in [0, 0.1) is 5.92 Å². The SMILES string of the molecule is O=C(O)c1cccc(-c2cccc(CC(=O)N(Cc3ccoc3)C3c4ccccc4CCC3Cc3ccccc3)c2)c1. The summed E-state index contributed by atoms with van der Waals surface area (Å²) >= 11 is 0. The summed E-state index contributed by atoms with van der Waals surface area (Å²) in [5, 5.41) is 9.45. The number of benzene rings is 4. The number of aryl methyl sites for hydroxylation is 1. The molecule has 5 nitrogen and oxygen atoms in total. The van der Waals surface area contributed by atoms with Crippen molar-refractivity contribution in [1.29, 1.82) is 0 Å². The summed E-state index contributed by atoms with van der Waals surface area (Å²) in [6.07, 6.45) is 6.50. The Bertz CT molecular complexity index is 1680. The van der Waals surface area contributed by atoms with E-state index in [0.717, 1.165) is 41.5 Å². The van der Waals surface area contributed by atoms with Crippen LogP contribution in [0.4, 0.5) is 0 Å². The zero-order valence-electron chi connectivity index (χ0n) is 23.4. The maximum absolute atomic E-state index is 14.4. The molecule has 210 valence electrons. The molecule has 4 aromatic carbocycles. The number of carboxylic acids is 1. The van der Waals surface area contributed by atoms with Crippen molar-refractivity contribution in [3.05, 3.63) is 155 Å². The Morgan fingerprint density at radius 2 is 1.52 bits per heavy atom. The van der Waals surface area contributed by atoms with Crippen molar-refractivity contribution in [2.45, 2.75) is 38.3 Å². The summed E-state index contributed by atoms with van der Waals surface area (Å²) in [5.41, 5.74) is 7.58. The molecule has 1 aromatic heterocycles. The van der Waals surface area contributed by atoms with Crippen LogP contribution in [-0.4, -0.2) is 21.9 Å². The molecule has 0 spiro atoms. The smallest absolute Gasteiger partial charge is 0.335 e. The molecule has 6 rings (SSSR count). The molecule has 5 aromatic rings. The molecule has 5 heteroatoms. The molecule has 1 amide bonds. The van der Waals surface area contributed by atoms with Crippen LogP contribution in [0.25, 0.3) is 11.1 Å². The number of amides is 1. The first-order valence-corrected chi connectivity index (χ1v) is 14.4. The predicted octanol–water partition coefficient (Wildman–Crippen LogP) is 7.76. The largest absolute Gasteiger partial charge is 0.478 e. The van der Waals surface area contributed by atoms with Gasteiger partial charge in [-0.05, 0) is 76.8 Å². The van der Waals surface area contributed by atoms with Gasteiger partial charge in [-0.2, -0.15) is 0 Å². The minimum atomic E-state index is -0.962. The second kappa shape index (κ2) is 12.3. The third-order valence-corrected chi connectivity index (χ3v) is 8.26. The average Bonchev–Trinajstić information content (AvgIpc) is 3.54. The molecule has 42 heavy (non-hydrogen) atoms. The third-order valence-electron chi connectivity index (χ3n) is 8.26. The van der Waals surface area contributed by atoms with Gasteiger partial charge in [0.15, 0.2) is 0 Å². The van der Waals surface area contributed by atoms with Crippen LogP contribution in [0.15, 0.2) is 126 Å². The molecule has 2 atom stereocenters. The molecule has 0 fully saturated rings. The zero-order valence-corrected chi connectivity index (χ0v) is 23.4. The normalized spacial score (nSPS) is 16.0. The van der Waals surface area contributed by atoms with Crippen LogP contribution in [0.5, 0.6) is 0 Å².